The Labute approximate surface area is 83.7 Å². The highest BCUT2D eigenvalue weighted by molar-refractivity contribution is 14.0. The lowest BCUT2D eigenvalue weighted by Gasteiger charge is -1.96. The second kappa shape index (κ2) is 5.49. The Morgan fingerprint density at radius 3 is 2.82 bits per heavy atom. The normalized spacial score (nSPS) is 8.91. The van der Waals surface area contributed by atoms with Crippen molar-refractivity contribution in [1.82, 2.24) is 4.98 Å². The fraction of sp³-hybridized carbons (Fsp3) is 0.375. The summed E-state index contributed by atoms with van der Waals surface area (Å²) in [5, 5.41) is 8.57. The maximum Gasteiger partial charge on any atom is 0.0486 e. The second-order valence-electron chi connectivity index (χ2n) is 2.30. The van der Waals surface area contributed by atoms with Gasteiger partial charge in [0.05, 0.1) is 0 Å². The lowest BCUT2D eigenvalue weighted by atomic mass is 10.2. The van der Waals surface area contributed by atoms with E-state index in [9.17, 15) is 0 Å². The van der Waals surface area contributed by atoms with Gasteiger partial charge in [0.15, 0.2) is 0 Å². The van der Waals surface area contributed by atoms with Crippen molar-refractivity contribution in [2.24, 2.45) is 0 Å². The summed E-state index contributed by atoms with van der Waals surface area (Å²) in [7, 11) is 0. The van der Waals surface area contributed by atoms with Crippen LogP contribution in [0, 0.1) is 6.92 Å². The van der Waals surface area contributed by atoms with Crippen molar-refractivity contribution in [1.29, 1.82) is 0 Å². The van der Waals surface area contributed by atoms with Crippen molar-refractivity contribution in [2.45, 2.75) is 13.3 Å². The molecule has 0 bridgehead atoms. The Balaban J connectivity index is 0.000001000. The van der Waals surface area contributed by atoms with Crippen LogP contribution < -0.4 is 0 Å². The number of pyridine rings is 1. The van der Waals surface area contributed by atoms with Crippen LogP contribution in [-0.2, 0) is 6.42 Å². The molecule has 11 heavy (non-hydrogen) atoms. The third kappa shape index (κ3) is 3.67. The third-order valence-corrected chi connectivity index (χ3v) is 1.34. The van der Waals surface area contributed by atoms with Crippen LogP contribution in [0.25, 0.3) is 0 Å². The van der Waals surface area contributed by atoms with E-state index in [-0.39, 0.29) is 30.6 Å². The van der Waals surface area contributed by atoms with Gasteiger partial charge in [-0.05, 0) is 24.6 Å². The molecule has 3 heteroatoms. The van der Waals surface area contributed by atoms with Crippen molar-refractivity contribution >= 4 is 24.0 Å². The molecule has 62 valence electrons. The van der Waals surface area contributed by atoms with Crippen LogP contribution in [-0.4, -0.2) is 16.7 Å². The van der Waals surface area contributed by atoms with E-state index < -0.39 is 0 Å². The van der Waals surface area contributed by atoms with Crippen molar-refractivity contribution in [3.05, 3.63) is 29.6 Å². The van der Waals surface area contributed by atoms with Crippen LogP contribution in [0.4, 0.5) is 0 Å². The molecule has 1 heterocycles. The zero-order valence-corrected chi connectivity index (χ0v) is 8.78. The lowest BCUT2D eigenvalue weighted by molar-refractivity contribution is 0.298. The molecule has 0 unspecified atom stereocenters. The number of aliphatic hydroxyl groups excluding tert-OH is 1. The van der Waals surface area contributed by atoms with Crippen LogP contribution in [0.2, 0.25) is 0 Å². The number of hydrogen-bond donors (Lipinski definition) is 1. The standard InChI is InChI=1S/C8H11NO.HI/c1-7-2-4-9-8(6-7)3-5-10;/h2,4,6,10H,3,5H2,1H3;1H. The highest BCUT2D eigenvalue weighted by atomic mass is 127. The Morgan fingerprint density at radius 2 is 2.27 bits per heavy atom. The summed E-state index contributed by atoms with van der Waals surface area (Å²) in [6.07, 6.45) is 2.42. The summed E-state index contributed by atoms with van der Waals surface area (Å²) in [5.41, 5.74) is 2.15. The van der Waals surface area contributed by atoms with E-state index in [0.29, 0.717) is 6.42 Å². The van der Waals surface area contributed by atoms with Crippen LogP contribution >= 0.6 is 24.0 Å². The fourth-order valence-electron chi connectivity index (χ4n) is 0.850. The predicted molar refractivity (Wildman–Crippen MR) is 55.2 cm³/mol. The Bertz CT molecular complexity index is 215. The minimum absolute atomic E-state index is 0. The number of rotatable bonds is 2. The third-order valence-electron chi connectivity index (χ3n) is 1.34. The molecule has 0 atom stereocenters. The van der Waals surface area contributed by atoms with Crippen molar-refractivity contribution in [2.75, 3.05) is 6.61 Å². The highest BCUT2D eigenvalue weighted by Gasteiger charge is 1.91. The molecule has 1 aromatic rings. The largest absolute Gasteiger partial charge is 0.396 e. The predicted octanol–water partition coefficient (Wildman–Crippen LogP) is 1.54. The van der Waals surface area contributed by atoms with E-state index in [4.69, 9.17) is 5.11 Å². The minimum atomic E-state index is 0. The summed E-state index contributed by atoms with van der Waals surface area (Å²) in [6.45, 7) is 2.19. The number of halogens is 1. The Hall–Kier alpha value is -0.160. The molecule has 2 nitrogen and oxygen atoms in total. The maximum atomic E-state index is 8.57. The van der Waals surface area contributed by atoms with Gasteiger partial charge in [0.2, 0.25) is 0 Å². The number of aryl methyl sites for hydroxylation is 1. The van der Waals surface area contributed by atoms with Gasteiger partial charge in [-0.1, -0.05) is 0 Å². The highest BCUT2D eigenvalue weighted by Crippen LogP contribution is 1.99. The average molecular weight is 265 g/mol. The van der Waals surface area contributed by atoms with Crippen molar-refractivity contribution in [3.63, 3.8) is 0 Å². The summed E-state index contributed by atoms with van der Waals surface area (Å²) in [6, 6.07) is 3.93. The molecule has 0 fully saturated rings. The monoisotopic (exact) mass is 265 g/mol. The molecule has 0 aliphatic heterocycles. The van der Waals surface area contributed by atoms with Gasteiger partial charge in [-0.2, -0.15) is 0 Å². The van der Waals surface area contributed by atoms with Crippen LogP contribution in [0.1, 0.15) is 11.3 Å². The molecular formula is C8H12INO. The molecule has 0 aliphatic rings. The quantitative estimate of drug-likeness (QED) is 0.823. The van der Waals surface area contributed by atoms with Crippen molar-refractivity contribution < 1.29 is 5.11 Å². The topological polar surface area (TPSA) is 33.1 Å². The molecule has 0 saturated carbocycles. The zero-order chi connectivity index (χ0) is 7.40. The van der Waals surface area contributed by atoms with Gasteiger partial charge in [-0.25, -0.2) is 0 Å². The van der Waals surface area contributed by atoms with Gasteiger partial charge in [0.1, 0.15) is 0 Å². The summed E-state index contributed by atoms with van der Waals surface area (Å²) < 4.78 is 0. The number of aromatic nitrogens is 1. The van der Waals surface area contributed by atoms with Gasteiger partial charge in [-0.3, -0.25) is 4.98 Å². The first-order chi connectivity index (χ1) is 4.83. The smallest absolute Gasteiger partial charge is 0.0486 e. The molecule has 0 amide bonds. The molecule has 0 aliphatic carbocycles. The Kier molecular flexibility index (Phi) is 5.41. The van der Waals surface area contributed by atoms with Gasteiger partial charge in [0, 0.05) is 24.9 Å². The molecular weight excluding hydrogens is 253 g/mol. The second-order valence-corrected chi connectivity index (χ2v) is 2.30. The first kappa shape index (κ1) is 10.8. The molecule has 1 aromatic heterocycles. The van der Waals surface area contributed by atoms with E-state index in [1.54, 1.807) is 6.20 Å². The van der Waals surface area contributed by atoms with Crippen LogP contribution in [0.5, 0.6) is 0 Å². The van der Waals surface area contributed by atoms with E-state index in [2.05, 4.69) is 4.98 Å². The summed E-state index contributed by atoms with van der Waals surface area (Å²) in [4.78, 5) is 4.07. The van der Waals surface area contributed by atoms with Gasteiger partial charge in [-0.15, -0.1) is 24.0 Å². The van der Waals surface area contributed by atoms with E-state index in [1.807, 2.05) is 19.1 Å². The summed E-state index contributed by atoms with van der Waals surface area (Å²) >= 11 is 0. The molecule has 0 saturated heterocycles. The van der Waals surface area contributed by atoms with E-state index >= 15 is 0 Å². The van der Waals surface area contributed by atoms with E-state index in [0.717, 1.165) is 5.69 Å². The first-order valence-electron chi connectivity index (χ1n) is 3.35. The zero-order valence-electron chi connectivity index (χ0n) is 6.45. The average Bonchev–Trinajstić information content (AvgIpc) is 1.88. The minimum Gasteiger partial charge on any atom is -0.396 e. The maximum absolute atomic E-state index is 8.57. The Morgan fingerprint density at radius 1 is 1.55 bits per heavy atom. The van der Waals surface area contributed by atoms with Crippen LogP contribution in [0.3, 0.4) is 0 Å². The number of nitrogens with zero attached hydrogens (tertiary/aromatic N) is 1. The van der Waals surface area contributed by atoms with Gasteiger partial charge >= 0.3 is 0 Å². The lowest BCUT2D eigenvalue weighted by Crippen LogP contribution is -1.93. The molecule has 1 rings (SSSR count). The number of hydrogen-bond acceptors (Lipinski definition) is 2. The first-order valence-corrected chi connectivity index (χ1v) is 3.35. The molecule has 0 spiro atoms. The van der Waals surface area contributed by atoms with Gasteiger partial charge < -0.3 is 5.11 Å². The SMILES string of the molecule is Cc1ccnc(CCO)c1.I. The molecule has 1 N–H and O–H groups in total. The van der Waals surface area contributed by atoms with E-state index in [1.165, 1.54) is 5.56 Å². The van der Waals surface area contributed by atoms with Crippen LogP contribution in [0.15, 0.2) is 18.3 Å². The van der Waals surface area contributed by atoms with Crippen molar-refractivity contribution in [3.8, 4) is 0 Å². The molecule has 0 radical (unpaired) electrons. The molecule has 0 aromatic carbocycles. The number of aliphatic hydroxyl groups is 1. The van der Waals surface area contributed by atoms with Gasteiger partial charge in [0.25, 0.3) is 0 Å². The summed E-state index contributed by atoms with van der Waals surface area (Å²) in [5.74, 6) is 0. The fourth-order valence-corrected chi connectivity index (χ4v) is 0.850.